The van der Waals surface area contributed by atoms with Crippen molar-refractivity contribution in [3.63, 3.8) is 0 Å². The van der Waals surface area contributed by atoms with Crippen molar-refractivity contribution >= 4 is 5.97 Å². The molecule has 0 bridgehead atoms. The normalized spacial score (nSPS) is 25.3. The van der Waals surface area contributed by atoms with Gasteiger partial charge in [-0.15, -0.1) is 0 Å². The topological polar surface area (TPSA) is 77.8 Å². The quantitative estimate of drug-likeness (QED) is 0.437. The van der Waals surface area contributed by atoms with E-state index in [-0.39, 0.29) is 23.9 Å². The van der Waals surface area contributed by atoms with Gasteiger partial charge in [0.05, 0.1) is 12.2 Å². The molecule has 0 aromatic rings. The molecule has 4 heteroatoms. The highest BCUT2D eigenvalue weighted by Gasteiger charge is 2.33. The van der Waals surface area contributed by atoms with E-state index in [1.165, 1.54) is 0 Å². The third kappa shape index (κ3) is 8.05. The molecule has 0 spiro atoms. The average molecular weight is 367 g/mol. The first kappa shape index (κ1) is 22.9. The van der Waals surface area contributed by atoms with Crippen molar-refractivity contribution in [2.24, 2.45) is 17.3 Å². The average Bonchev–Trinajstić information content (AvgIpc) is 2.93. The van der Waals surface area contributed by atoms with Gasteiger partial charge in [0.15, 0.2) is 0 Å². The highest BCUT2D eigenvalue weighted by atomic mass is 16.4. The van der Waals surface area contributed by atoms with E-state index in [9.17, 15) is 15.0 Å². The van der Waals surface area contributed by atoms with Gasteiger partial charge in [-0.3, -0.25) is 4.79 Å². The van der Waals surface area contributed by atoms with Crippen LogP contribution in [0.4, 0.5) is 0 Å². The number of hydrogen-bond acceptors (Lipinski definition) is 3. The number of aliphatic hydroxyl groups excluding tert-OH is 2. The van der Waals surface area contributed by atoms with Crippen LogP contribution in [-0.2, 0) is 4.79 Å². The second-order valence-corrected chi connectivity index (χ2v) is 8.38. The van der Waals surface area contributed by atoms with E-state index in [0.29, 0.717) is 12.3 Å². The summed E-state index contributed by atoms with van der Waals surface area (Å²) in [6.45, 7) is 6.39. The van der Waals surface area contributed by atoms with Crippen molar-refractivity contribution in [2.75, 3.05) is 0 Å². The highest BCUT2D eigenvalue weighted by molar-refractivity contribution is 5.66. The molecule has 0 heterocycles. The van der Waals surface area contributed by atoms with Gasteiger partial charge < -0.3 is 15.3 Å². The predicted octanol–water partition coefficient (Wildman–Crippen LogP) is 4.71. The molecule has 1 rings (SSSR count). The maximum Gasteiger partial charge on any atom is 0.303 e. The van der Waals surface area contributed by atoms with Gasteiger partial charge in [0.25, 0.3) is 0 Å². The zero-order chi connectivity index (χ0) is 19.6. The monoisotopic (exact) mass is 366 g/mol. The van der Waals surface area contributed by atoms with Crippen LogP contribution in [0.15, 0.2) is 24.3 Å². The Morgan fingerprint density at radius 3 is 2.58 bits per heavy atom. The van der Waals surface area contributed by atoms with Crippen LogP contribution < -0.4 is 0 Å². The molecule has 1 unspecified atom stereocenters. The van der Waals surface area contributed by atoms with Crippen LogP contribution in [-0.4, -0.2) is 33.5 Å². The number of aliphatic hydroxyl groups is 2. The van der Waals surface area contributed by atoms with Crippen molar-refractivity contribution in [2.45, 2.75) is 90.8 Å². The molecule has 0 radical (unpaired) electrons. The second kappa shape index (κ2) is 11.6. The molecule has 26 heavy (non-hydrogen) atoms. The van der Waals surface area contributed by atoms with Gasteiger partial charge in [0.2, 0.25) is 0 Å². The summed E-state index contributed by atoms with van der Waals surface area (Å²) in [5, 5.41) is 29.4. The van der Waals surface area contributed by atoms with Crippen LogP contribution in [0.2, 0.25) is 0 Å². The molecular formula is C22H38O4. The lowest BCUT2D eigenvalue weighted by atomic mass is 9.80. The van der Waals surface area contributed by atoms with E-state index in [1.807, 2.05) is 18.2 Å². The number of carbonyl (C=O) groups is 1. The molecule has 0 saturated heterocycles. The molecule has 3 N–H and O–H groups in total. The Kier molecular flexibility index (Phi) is 10.2. The molecule has 0 aromatic heterocycles. The minimum atomic E-state index is -0.772. The first-order chi connectivity index (χ1) is 12.3. The van der Waals surface area contributed by atoms with Gasteiger partial charge >= 0.3 is 5.97 Å². The molecule has 1 aliphatic rings. The number of carboxylic acid groups (broad SMARTS) is 1. The Morgan fingerprint density at radius 1 is 1.23 bits per heavy atom. The number of aliphatic carboxylic acids is 1. The Morgan fingerprint density at radius 2 is 1.92 bits per heavy atom. The Labute approximate surface area is 159 Å². The third-order valence-electron chi connectivity index (χ3n) is 5.71. The van der Waals surface area contributed by atoms with Crippen LogP contribution in [0.3, 0.4) is 0 Å². The predicted molar refractivity (Wildman–Crippen MR) is 106 cm³/mol. The molecule has 4 atom stereocenters. The van der Waals surface area contributed by atoms with Crippen molar-refractivity contribution in [1.82, 2.24) is 0 Å². The van der Waals surface area contributed by atoms with E-state index >= 15 is 0 Å². The number of unbranched alkanes of at least 4 members (excludes halogenated alkanes) is 1. The molecule has 1 fully saturated rings. The van der Waals surface area contributed by atoms with Crippen LogP contribution in [0, 0.1) is 17.3 Å². The molecule has 1 saturated carbocycles. The fraction of sp³-hybridized carbons (Fsp3) is 0.773. The Balaban J connectivity index is 2.50. The summed E-state index contributed by atoms with van der Waals surface area (Å²) in [7, 11) is 0. The molecule has 0 aromatic carbocycles. The Hall–Kier alpha value is -1.13. The van der Waals surface area contributed by atoms with Gasteiger partial charge in [-0.25, -0.2) is 0 Å². The summed E-state index contributed by atoms with van der Waals surface area (Å²) in [5.74, 6) is -0.234. The van der Waals surface area contributed by atoms with E-state index in [0.717, 1.165) is 44.9 Å². The van der Waals surface area contributed by atoms with Gasteiger partial charge in [0.1, 0.15) is 0 Å². The number of allylic oxidation sites excluding steroid dienone is 3. The van der Waals surface area contributed by atoms with Gasteiger partial charge in [0, 0.05) is 6.42 Å². The van der Waals surface area contributed by atoms with E-state index in [2.05, 4.69) is 26.8 Å². The maximum absolute atomic E-state index is 10.5. The fourth-order valence-electron chi connectivity index (χ4n) is 3.74. The fourth-order valence-corrected chi connectivity index (χ4v) is 3.74. The summed E-state index contributed by atoms with van der Waals surface area (Å²) < 4.78 is 0. The summed E-state index contributed by atoms with van der Waals surface area (Å²) in [5.41, 5.74) is -0.119. The van der Waals surface area contributed by atoms with E-state index in [1.54, 1.807) is 0 Å². The van der Waals surface area contributed by atoms with Gasteiger partial charge in [-0.1, -0.05) is 57.9 Å². The standard InChI is InChI=1S/C22H38O4/c1-4-5-16-22(2,3)20(24)15-13-17-12-14-19(23)18(17)10-8-6-7-9-11-21(25)26/h6-7,13,15,17-20,23-24H,4-5,8-12,14,16H2,1-3H3,(H,25,26)/t17-,18+,19+,20?/m0/s1. The third-order valence-corrected chi connectivity index (χ3v) is 5.71. The molecule has 1 aliphatic carbocycles. The van der Waals surface area contributed by atoms with Crippen molar-refractivity contribution in [3.05, 3.63) is 24.3 Å². The molecule has 0 amide bonds. The van der Waals surface area contributed by atoms with Gasteiger partial charge in [-0.05, 0) is 55.8 Å². The Bertz CT molecular complexity index is 467. The van der Waals surface area contributed by atoms with Crippen molar-refractivity contribution in [1.29, 1.82) is 0 Å². The lowest BCUT2D eigenvalue weighted by molar-refractivity contribution is -0.136. The minimum Gasteiger partial charge on any atom is -0.481 e. The van der Waals surface area contributed by atoms with Crippen LogP contribution in [0.1, 0.15) is 78.6 Å². The minimum absolute atomic E-state index is 0.119. The van der Waals surface area contributed by atoms with Crippen LogP contribution in [0.25, 0.3) is 0 Å². The van der Waals surface area contributed by atoms with Crippen molar-refractivity contribution < 1.29 is 20.1 Å². The first-order valence-electron chi connectivity index (χ1n) is 10.2. The summed E-state index contributed by atoms with van der Waals surface area (Å²) in [4.78, 5) is 10.5. The molecule has 0 aliphatic heterocycles. The smallest absolute Gasteiger partial charge is 0.303 e. The van der Waals surface area contributed by atoms with Crippen molar-refractivity contribution in [3.8, 4) is 0 Å². The summed E-state index contributed by atoms with van der Waals surface area (Å²) >= 11 is 0. The molecule has 4 nitrogen and oxygen atoms in total. The first-order valence-corrected chi connectivity index (χ1v) is 10.2. The zero-order valence-corrected chi connectivity index (χ0v) is 16.7. The lowest BCUT2D eigenvalue weighted by Gasteiger charge is -2.29. The van der Waals surface area contributed by atoms with E-state index in [4.69, 9.17) is 5.11 Å². The number of rotatable bonds is 12. The second-order valence-electron chi connectivity index (χ2n) is 8.38. The summed E-state index contributed by atoms with van der Waals surface area (Å²) in [6, 6.07) is 0. The lowest BCUT2D eigenvalue weighted by Crippen LogP contribution is -2.27. The van der Waals surface area contributed by atoms with E-state index < -0.39 is 12.1 Å². The molecule has 150 valence electrons. The van der Waals surface area contributed by atoms with Crippen LogP contribution in [0.5, 0.6) is 0 Å². The SMILES string of the molecule is CCCCC(C)(C)C(O)C=C[C@@H]1CC[C@@H](O)[C@@H]1CCC=CCCC(=O)O. The maximum atomic E-state index is 10.5. The number of hydrogen-bond donors (Lipinski definition) is 3. The highest BCUT2D eigenvalue weighted by Crippen LogP contribution is 2.37. The molecular weight excluding hydrogens is 328 g/mol. The van der Waals surface area contributed by atoms with Crippen LogP contribution >= 0.6 is 0 Å². The zero-order valence-electron chi connectivity index (χ0n) is 16.7. The number of carboxylic acids is 1. The summed E-state index contributed by atoms with van der Waals surface area (Å²) in [6.07, 6.45) is 14.8. The van der Waals surface area contributed by atoms with Gasteiger partial charge in [-0.2, -0.15) is 0 Å². The largest absolute Gasteiger partial charge is 0.481 e.